The van der Waals surface area contributed by atoms with Gasteiger partial charge in [0.1, 0.15) is 48.5 Å². The number of aliphatic hydroxyl groups is 7. The molecule has 2 heterocycles. The molecule has 1 aromatic carbocycles. The fraction of sp³-hybridized carbons (Fsp3) is 0.652. The quantitative estimate of drug-likeness (QED) is 0.0872. The first kappa shape index (κ1) is 32.5. The van der Waals surface area contributed by atoms with Crippen molar-refractivity contribution < 1.29 is 74.3 Å². The first-order chi connectivity index (χ1) is 19.2. The molecule has 18 nitrogen and oxygen atoms in total. The van der Waals surface area contributed by atoms with Gasteiger partial charge in [-0.1, -0.05) is 0 Å². The normalized spacial score (nSPS) is 35.2. The number of carboxylic acids is 1. The Balaban J connectivity index is 1.80. The van der Waals surface area contributed by atoms with Crippen LogP contribution in [0.15, 0.2) is 24.3 Å². The summed E-state index contributed by atoms with van der Waals surface area (Å²) < 4.78 is 21.8. The molecule has 2 saturated heterocycles. The van der Waals surface area contributed by atoms with Crippen molar-refractivity contribution >= 4 is 17.6 Å². The van der Waals surface area contributed by atoms with Crippen LogP contribution >= 0.6 is 0 Å². The van der Waals surface area contributed by atoms with Crippen molar-refractivity contribution in [2.75, 3.05) is 13.2 Å². The summed E-state index contributed by atoms with van der Waals surface area (Å²) >= 11 is 0. The second kappa shape index (κ2) is 13.3. The van der Waals surface area contributed by atoms with Gasteiger partial charge in [0.2, 0.25) is 12.2 Å². The standard InChI is InChI=1S/C23H32N2O16/c1-9(27)24-15-12(28)6-23(22(34)35,41-20(15)16(30)13(29)7-26)38-8-14-17(31)18(32)19(33)21(40-14)39-11-4-2-10(3-5-11)25(36)37/h2-5,12-21,26,28-33H,6-8H2,1H3,(H,24,27)(H,34,35)/t12-,13+,14+,15+,16+,17-,18-,19+,20+,21+,23+/m0/s1. The number of nitrogens with zero attached hydrogens (tertiary/aromatic N) is 1. The molecule has 3 rings (SSSR count). The SMILES string of the molecule is CC(=O)N[C@H]1[C@H]([C@H](O)[C@H](O)CO)O[C@@](OC[C@H]2O[C@@H](Oc3ccc([N+](=O)[O-])cc3)[C@H](O)[C@@H](O)[C@H]2O)(C(=O)O)C[C@@H]1O. The molecule has 0 saturated carbocycles. The van der Waals surface area contributed by atoms with Gasteiger partial charge in [-0.15, -0.1) is 0 Å². The Hall–Kier alpha value is -3.04. The third-order valence-corrected chi connectivity index (χ3v) is 6.64. The summed E-state index contributed by atoms with van der Waals surface area (Å²) in [5.41, 5.74) is -0.256. The van der Waals surface area contributed by atoms with E-state index in [0.29, 0.717) is 0 Å². The summed E-state index contributed by atoms with van der Waals surface area (Å²) in [6.45, 7) is -0.769. The predicted octanol–water partition coefficient (Wildman–Crippen LogP) is -4.05. The topological polar surface area (TPSA) is 288 Å². The van der Waals surface area contributed by atoms with E-state index in [1.807, 2.05) is 0 Å². The molecule has 0 aliphatic carbocycles. The number of aliphatic hydroxyl groups excluding tert-OH is 7. The van der Waals surface area contributed by atoms with Crippen molar-refractivity contribution in [3.63, 3.8) is 0 Å². The zero-order chi connectivity index (χ0) is 30.6. The number of nitro groups is 1. The highest BCUT2D eigenvalue weighted by Crippen LogP contribution is 2.35. The van der Waals surface area contributed by atoms with E-state index >= 15 is 0 Å². The van der Waals surface area contributed by atoms with Crippen LogP contribution < -0.4 is 10.1 Å². The maximum atomic E-state index is 12.3. The number of carbonyl (C=O) groups is 2. The van der Waals surface area contributed by atoms with Gasteiger partial charge in [0.15, 0.2) is 0 Å². The van der Waals surface area contributed by atoms with Crippen LogP contribution in [0.1, 0.15) is 13.3 Å². The average molecular weight is 593 g/mol. The highest BCUT2D eigenvalue weighted by Gasteiger charge is 2.56. The molecule has 1 aromatic rings. The summed E-state index contributed by atoms with van der Waals surface area (Å²) in [4.78, 5) is 34.1. The molecule has 0 spiro atoms. The maximum Gasteiger partial charge on any atom is 0.364 e. The Labute approximate surface area is 231 Å². The Kier molecular flexibility index (Phi) is 10.5. The van der Waals surface area contributed by atoms with Crippen molar-refractivity contribution in [1.82, 2.24) is 5.32 Å². The number of carbonyl (C=O) groups excluding carboxylic acids is 1. The number of nitro benzene ring substituents is 1. The van der Waals surface area contributed by atoms with Crippen molar-refractivity contribution in [2.45, 2.75) is 80.3 Å². The van der Waals surface area contributed by atoms with E-state index < -0.39 is 103 Å². The average Bonchev–Trinajstić information content (AvgIpc) is 2.93. The minimum Gasteiger partial charge on any atom is -0.477 e. The van der Waals surface area contributed by atoms with Crippen molar-refractivity contribution in [2.24, 2.45) is 0 Å². The number of carboxylic acid groups (broad SMARTS) is 1. The van der Waals surface area contributed by atoms with E-state index in [2.05, 4.69) is 5.32 Å². The third kappa shape index (κ3) is 7.25. The summed E-state index contributed by atoms with van der Waals surface area (Å²) in [5.74, 6) is -5.29. The molecular weight excluding hydrogens is 560 g/mol. The van der Waals surface area contributed by atoms with Gasteiger partial charge in [-0.3, -0.25) is 14.9 Å². The minimum absolute atomic E-state index is 0.0214. The third-order valence-electron chi connectivity index (χ3n) is 6.64. The van der Waals surface area contributed by atoms with Crippen LogP contribution in [0.4, 0.5) is 5.69 Å². The number of nitrogens with one attached hydrogen (secondary N) is 1. The predicted molar refractivity (Wildman–Crippen MR) is 129 cm³/mol. The fourth-order valence-corrected chi connectivity index (χ4v) is 4.43. The van der Waals surface area contributed by atoms with Gasteiger partial charge >= 0.3 is 5.97 Å². The molecule has 9 N–H and O–H groups in total. The van der Waals surface area contributed by atoms with Crippen LogP contribution in [-0.4, -0.2) is 138 Å². The van der Waals surface area contributed by atoms with Crippen molar-refractivity contribution in [3.05, 3.63) is 34.4 Å². The lowest BCUT2D eigenvalue weighted by molar-refractivity contribution is -0.384. The van der Waals surface area contributed by atoms with E-state index in [0.717, 1.165) is 19.1 Å². The Bertz CT molecular complexity index is 1070. The van der Waals surface area contributed by atoms with Gasteiger partial charge in [-0.2, -0.15) is 0 Å². The fourth-order valence-electron chi connectivity index (χ4n) is 4.43. The lowest BCUT2D eigenvalue weighted by atomic mass is 9.88. The number of benzene rings is 1. The second-order valence-electron chi connectivity index (χ2n) is 9.57. The van der Waals surface area contributed by atoms with Crippen LogP contribution in [0.25, 0.3) is 0 Å². The van der Waals surface area contributed by atoms with E-state index in [-0.39, 0.29) is 11.4 Å². The molecule has 11 atom stereocenters. The van der Waals surface area contributed by atoms with Crippen molar-refractivity contribution in [1.29, 1.82) is 0 Å². The van der Waals surface area contributed by atoms with Crippen LogP contribution in [0.2, 0.25) is 0 Å². The number of non-ortho nitro benzene ring substituents is 1. The highest BCUT2D eigenvalue weighted by atomic mass is 16.7. The number of aliphatic carboxylic acids is 1. The highest BCUT2D eigenvalue weighted by molar-refractivity contribution is 5.76. The molecule has 0 radical (unpaired) electrons. The smallest absolute Gasteiger partial charge is 0.364 e. The number of hydrogen-bond donors (Lipinski definition) is 9. The van der Waals surface area contributed by atoms with Gasteiger partial charge in [0, 0.05) is 25.5 Å². The van der Waals surface area contributed by atoms with E-state index in [4.69, 9.17) is 18.9 Å². The minimum atomic E-state index is -2.76. The Morgan fingerprint density at radius 1 is 1.15 bits per heavy atom. The molecule has 2 fully saturated rings. The Morgan fingerprint density at radius 2 is 1.78 bits per heavy atom. The van der Waals surface area contributed by atoms with Gasteiger partial charge in [0.25, 0.3) is 11.5 Å². The maximum absolute atomic E-state index is 12.3. The molecule has 2 aliphatic heterocycles. The molecule has 18 heteroatoms. The monoisotopic (exact) mass is 592 g/mol. The number of ether oxygens (including phenoxy) is 4. The largest absolute Gasteiger partial charge is 0.477 e. The number of amides is 1. The molecule has 1 amide bonds. The number of rotatable bonds is 11. The lowest BCUT2D eigenvalue weighted by Gasteiger charge is -2.47. The summed E-state index contributed by atoms with van der Waals surface area (Å²) in [6, 6.07) is 3.14. The molecule has 230 valence electrons. The summed E-state index contributed by atoms with van der Waals surface area (Å²) in [5, 5.41) is 94.5. The van der Waals surface area contributed by atoms with Gasteiger partial charge < -0.3 is 65.1 Å². The molecule has 41 heavy (non-hydrogen) atoms. The summed E-state index contributed by atoms with van der Waals surface area (Å²) in [7, 11) is 0. The molecule has 0 bridgehead atoms. The van der Waals surface area contributed by atoms with E-state index in [1.165, 1.54) is 12.1 Å². The molecular formula is C23H32N2O16. The van der Waals surface area contributed by atoms with Gasteiger partial charge in [-0.25, -0.2) is 4.79 Å². The van der Waals surface area contributed by atoms with E-state index in [1.54, 1.807) is 0 Å². The van der Waals surface area contributed by atoms with E-state index in [9.17, 15) is 60.6 Å². The molecule has 0 unspecified atom stereocenters. The first-order valence-corrected chi connectivity index (χ1v) is 12.3. The zero-order valence-corrected chi connectivity index (χ0v) is 21.5. The van der Waals surface area contributed by atoms with Gasteiger partial charge in [0.05, 0.1) is 30.3 Å². The molecule has 2 aliphatic rings. The van der Waals surface area contributed by atoms with Crippen molar-refractivity contribution in [3.8, 4) is 5.75 Å². The van der Waals surface area contributed by atoms with Crippen LogP contribution in [0, 0.1) is 10.1 Å². The lowest BCUT2D eigenvalue weighted by Crippen LogP contribution is -2.68. The van der Waals surface area contributed by atoms with Crippen LogP contribution in [0.3, 0.4) is 0 Å². The van der Waals surface area contributed by atoms with Crippen LogP contribution in [-0.2, 0) is 23.8 Å². The van der Waals surface area contributed by atoms with Crippen LogP contribution in [0.5, 0.6) is 5.75 Å². The second-order valence-corrected chi connectivity index (χ2v) is 9.57. The Morgan fingerprint density at radius 3 is 2.32 bits per heavy atom. The first-order valence-electron chi connectivity index (χ1n) is 12.3. The number of hydrogen-bond acceptors (Lipinski definition) is 15. The zero-order valence-electron chi connectivity index (χ0n) is 21.5. The molecule has 0 aromatic heterocycles. The summed E-state index contributed by atoms with van der Waals surface area (Å²) in [6.07, 6.45) is -17.1. The van der Waals surface area contributed by atoms with Gasteiger partial charge in [-0.05, 0) is 12.1 Å².